The molecule has 162 valence electrons. The SMILES string of the molecule is Cc1ccc([C@@H](C)NC(=O)CSc2ccc(S(=O)(=O)N3CCOCC3)cn2)cc1C. The van der Waals surface area contributed by atoms with Crippen LogP contribution >= 0.6 is 11.8 Å². The zero-order valence-electron chi connectivity index (χ0n) is 17.4. The highest BCUT2D eigenvalue weighted by atomic mass is 32.2. The molecule has 1 aromatic carbocycles. The van der Waals surface area contributed by atoms with Gasteiger partial charge in [-0.2, -0.15) is 4.31 Å². The number of nitrogens with one attached hydrogen (secondary N) is 1. The molecule has 0 aliphatic carbocycles. The predicted molar refractivity (Wildman–Crippen MR) is 117 cm³/mol. The minimum Gasteiger partial charge on any atom is -0.379 e. The van der Waals surface area contributed by atoms with Gasteiger partial charge in [0.1, 0.15) is 4.90 Å². The largest absolute Gasteiger partial charge is 0.379 e. The van der Waals surface area contributed by atoms with Crippen LogP contribution in [0.3, 0.4) is 0 Å². The summed E-state index contributed by atoms with van der Waals surface area (Å²) < 4.78 is 31.9. The van der Waals surface area contributed by atoms with Crippen LogP contribution in [0.4, 0.5) is 0 Å². The molecule has 2 aromatic rings. The third kappa shape index (κ3) is 5.60. The van der Waals surface area contributed by atoms with Crippen molar-refractivity contribution in [3.63, 3.8) is 0 Å². The van der Waals surface area contributed by atoms with Gasteiger partial charge in [-0.3, -0.25) is 4.79 Å². The Balaban J connectivity index is 1.54. The molecule has 3 rings (SSSR count). The fourth-order valence-electron chi connectivity index (χ4n) is 3.08. The van der Waals surface area contributed by atoms with Crippen molar-refractivity contribution in [3.8, 4) is 0 Å². The van der Waals surface area contributed by atoms with Gasteiger partial charge in [0.15, 0.2) is 0 Å². The van der Waals surface area contributed by atoms with Gasteiger partial charge in [-0.05, 0) is 49.6 Å². The number of aryl methyl sites for hydroxylation is 2. The van der Waals surface area contributed by atoms with Gasteiger partial charge >= 0.3 is 0 Å². The molecular weight excluding hydrogens is 422 g/mol. The van der Waals surface area contributed by atoms with E-state index in [-0.39, 0.29) is 22.6 Å². The summed E-state index contributed by atoms with van der Waals surface area (Å²) >= 11 is 1.27. The number of sulfonamides is 1. The van der Waals surface area contributed by atoms with Gasteiger partial charge in [0.05, 0.1) is 30.0 Å². The number of carbonyl (C=O) groups is 1. The molecule has 0 bridgehead atoms. The van der Waals surface area contributed by atoms with E-state index in [0.29, 0.717) is 31.3 Å². The van der Waals surface area contributed by atoms with E-state index < -0.39 is 10.0 Å². The monoisotopic (exact) mass is 449 g/mol. The number of hydrogen-bond donors (Lipinski definition) is 1. The van der Waals surface area contributed by atoms with Crippen LogP contribution in [-0.4, -0.2) is 55.7 Å². The Labute approximate surface area is 182 Å². The molecule has 9 heteroatoms. The predicted octanol–water partition coefficient (Wildman–Crippen LogP) is 2.69. The summed E-state index contributed by atoms with van der Waals surface area (Å²) in [6.45, 7) is 7.56. The number of pyridine rings is 1. The number of amides is 1. The fourth-order valence-corrected chi connectivity index (χ4v) is 5.09. The molecule has 1 aliphatic heterocycles. The van der Waals surface area contributed by atoms with Gasteiger partial charge in [-0.25, -0.2) is 13.4 Å². The summed E-state index contributed by atoms with van der Waals surface area (Å²) in [7, 11) is -3.56. The molecular formula is C21H27N3O4S2. The minimum atomic E-state index is -3.56. The molecule has 2 heterocycles. The molecule has 0 radical (unpaired) electrons. The van der Waals surface area contributed by atoms with Crippen LogP contribution < -0.4 is 5.32 Å². The van der Waals surface area contributed by atoms with Crippen molar-refractivity contribution in [2.24, 2.45) is 0 Å². The Morgan fingerprint density at radius 1 is 1.20 bits per heavy atom. The Kier molecular flexibility index (Phi) is 7.51. The highest BCUT2D eigenvalue weighted by Crippen LogP contribution is 2.21. The highest BCUT2D eigenvalue weighted by Gasteiger charge is 2.26. The number of morpholine rings is 1. The molecule has 7 nitrogen and oxygen atoms in total. The molecule has 1 atom stereocenters. The molecule has 1 aliphatic rings. The standard InChI is InChI=1S/C21H27N3O4S2/c1-15-4-5-18(12-16(15)2)17(3)23-20(25)14-29-21-7-6-19(13-22-21)30(26,27)24-8-10-28-11-9-24/h4-7,12-13,17H,8-11,14H2,1-3H3,(H,23,25)/t17-/m1/s1. The van der Waals surface area contributed by atoms with E-state index in [4.69, 9.17) is 4.74 Å². The average molecular weight is 450 g/mol. The number of ether oxygens (including phenoxy) is 1. The first-order valence-electron chi connectivity index (χ1n) is 9.80. The lowest BCUT2D eigenvalue weighted by Gasteiger charge is -2.25. The van der Waals surface area contributed by atoms with Gasteiger partial charge < -0.3 is 10.1 Å². The van der Waals surface area contributed by atoms with E-state index in [0.717, 1.165) is 5.56 Å². The normalized spacial score (nSPS) is 16.2. The lowest BCUT2D eigenvalue weighted by molar-refractivity contribution is -0.119. The second kappa shape index (κ2) is 9.91. The van der Waals surface area contributed by atoms with Crippen LogP contribution in [0.5, 0.6) is 0 Å². The van der Waals surface area contributed by atoms with Crippen molar-refractivity contribution < 1.29 is 17.9 Å². The average Bonchev–Trinajstić information content (AvgIpc) is 2.75. The smallest absolute Gasteiger partial charge is 0.244 e. The number of hydrogen-bond acceptors (Lipinski definition) is 6. The number of carbonyl (C=O) groups excluding carboxylic acids is 1. The molecule has 0 spiro atoms. The Morgan fingerprint density at radius 2 is 1.93 bits per heavy atom. The van der Waals surface area contributed by atoms with Crippen LogP contribution in [-0.2, 0) is 19.6 Å². The minimum absolute atomic E-state index is 0.0913. The van der Waals surface area contributed by atoms with Crippen molar-refractivity contribution in [1.82, 2.24) is 14.6 Å². The maximum absolute atomic E-state index is 12.6. The van der Waals surface area contributed by atoms with Gasteiger partial charge in [-0.15, -0.1) is 0 Å². The number of thioether (sulfide) groups is 1. The van der Waals surface area contributed by atoms with Crippen molar-refractivity contribution >= 4 is 27.7 Å². The van der Waals surface area contributed by atoms with Gasteiger partial charge in [0, 0.05) is 19.3 Å². The summed E-state index contributed by atoms with van der Waals surface area (Å²) in [5.74, 6) is 0.107. The van der Waals surface area contributed by atoms with Crippen molar-refractivity contribution in [2.45, 2.75) is 36.7 Å². The summed E-state index contributed by atoms with van der Waals surface area (Å²) in [4.78, 5) is 16.7. The van der Waals surface area contributed by atoms with Crippen molar-refractivity contribution in [3.05, 3.63) is 53.2 Å². The summed E-state index contributed by atoms with van der Waals surface area (Å²) in [6, 6.07) is 9.25. The second-order valence-corrected chi connectivity index (χ2v) is 10.2. The first kappa shape index (κ1) is 22.7. The summed E-state index contributed by atoms with van der Waals surface area (Å²) in [5, 5.41) is 3.59. The molecule has 1 aromatic heterocycles. The molecule has 1 N–H and O–H groups in total. The molecule has 1 amide bonds. The van der Waals surface area contributed by atoms with Crippen LogP contribution in [0.1, 0.15) is 29.7 Å². The third-order valence-corrected chi connectivity index (χ3v) is 7.90. The molecule has 0 saturated carbocycles. The van der Waals surface area contributed by atoms with E-state index in [1.54, 1.807) is 6.07 Å². The topological polar surface area (TPSA) is 88.6 Å². The van der Waals surface area contributed by atoms with Crippen LogP contribution in [0, 0.1) is 13.8 Å². The summed E-state index contributed by atoms with van der Waals surface area (Å²) in [6.07, 6.45) is 1.35. The zero-order valence-corrected chi connectivity index (χ0v) is 19.1. The van der Waals surface area contributed by atoms with Crippen molar-refractivity contribution in [1.29, 1.82) is 0 Å². The van der Waals surface area contributed by atoms with E-state index in [1.807, 2.05) is 13.0 Å². The molecule has 1 fully saturated rings. The van der Waals surface area contributed by atoms with E-state index in [9.17, 15) is 13.2 Å². The van der Waals surface area contributed by atoms with Crippen LogP contribution in [0.25, 0.3) is 0 Å². The lowest BCUT2D eigenvalue weighted by atomic mass is 10.0. The molecule has 0 unspecified atom stereocenters. The summed E-state index contributed by atoms with van der Waals surface area (Å²) in [5.41, 5.74) is 3.48. The van der Waals surface area contributed by atoms with Gasteiger partial charge in [0.2, 0.25) is 15.9 Å². The second-order valence-electron chi connectivity index (χ2n) is 7.27. The highest BCUT2D eigenvalue weighted by molar-refractivity contribution is 7.99. The maximum atomic E-state index is 12.6. The Bertz CT molecular complexity index is 988. The van der Waals surface area contributed by atoms with Crippen LogP contribution in [0.2, 0.25) is 0 Å². The fraction of sp³-hybridized carbons (Fsp3) is 0.429. The Morgan fingerprint density at radius 3 is 2.57 bits per heavy atom. The van der Waals surface area contributed by atoms with E-state index in [1.165, 1.54) is 39.5 Å². The van der Waals surface area contributed by atoms with Crippen LogP contribution in [0.15, 0.2) is 46.5 Å². The zero-order chi connectivity index (χ0) is 21.7. The Hall–Kier alpha value is -1.94. The number of aromatic nitrogens is 1. The first-order chi connectivity index (χ1) is 14.3. The van der Waals surface area contributed by atoms with Crippen molar-refractivity contribution in [2.75, 3.05) is 32.1 Å². The third-order valence-electron chi connectivity index (χ3n) is 5.08. The van der Waals surface area contributed by atoms with Gasteiger partial charge in [0.25, 0.3) is 0 Å². The quantitative estimate of drug-likeness (QED) is 0.654. The lowest BCUT2D eigenvalue weighted by Crippen LogP contribution is -2.40. The number of benzene rings is 1. The molecule has 30 heavy (non-hydrogen) atoms. The number of rotatable bonds is 7. The first-order valence-corrected chi connectivity index (χ1v) is 12.2. The van der Waals surface area contributed by atoms with E-state index in [2.05, 4.69) is 36.3 Å². The molecule has 1 saturated heterocycles. The maximum Gasteiger partial charge on any atom is 0.244 e. The van der Waals surface area contributed by atoms with Gasteiger partial charge in [-0.1, -0.05) is 30.0 Å². The van der Waals surface area contributed by atoms with E-state index >= 15 is 0 Å². The number of nitrogens with zero attached hydrogens (tertiary/aromatic N) is 2.